The molecule has 1 aliphatic carbocycles. The van der Waals surface area contributed by atoms with Gasteiger partial charge in [-0.2, -0.15) is 11.8 Å². The maximum Gasteiger partial charge on any atom is 0.237 e. The second-order valence-electron chi connectivity index (χ2n) is 4.40. The summed E-state index contributed by atoms with van der Waals surface area (Å²) < 4.78 is 0. The molecule has 0 aromatic carbocycles. The Morgan fingerprint density at radius 3 is 2.69 bits per heavy atom. The highest BCUT2D eigenvalue weighted by Crippen LogP contribution is 2.18. The highest BCUT2D eigenvalue weighted by Gasteiger charge is 2.22. The molecule has 1 saturated carbocycles. The fourth-order valence-electron chi connectivity index (χ4n) is 1.90. The number of nitrogens with two attached hydrogens (primary N) is 1. The first-order valence-corrected chi connectivity index (χ1v) is 7.26. The number of thioether (sulfide) groups is 1. The smallest absolute Gasteiger partial charge is 0.237 e. The monoisotopic (exact) mass is 246 g/mol. The molecule has 16 heavy (non-hydrogen) atoms. The van der Waals surface area contributed by atoms with Gasteiger partial charge in [0, 0.05) is 6.04 Å². The SMILES string of the molecule is CSCC[C@H](N)C(=O)NC1CCC(O)CC1. The molecule has 1 fully saturated rings. The average molecular weight is 246 g/mol. The molecule has 0 unspecified atom stereocenters. The fourth-order valence-corrected chi connectivity index (χ4v) is 2.39. The van der Waals surface area contributed by atoms with Crippen LogP contribution >= 0.6 is 11.8 Å². The molecular formula is C11H22N2O2S. The quantitative estimate of drug-likeness (QED) is 0.660. The van der Waals surface area contributed by atoms with Crippen molar-refractivity contribution in [2.45, 2.75) is 50.3 Å². The minimum absolute atomic E-state index is 0.0459. The van der Waals surface area contributed by atoms with Gasteiger partial charge in [0.2, 0.25) is 5.91 Å². The lowest BCUT2D eigenvalue weighted by molar-refractivity contribution is -0.123. The highest BCUT2D eigenvalue weighted by atomic mass is 32.2. The van der Waals surface area contributed by atoms with Gasteiger partial charge in [0.15, 0.2) is 0 Å². The Balaban J connectivity index is 2.22. The second-order valence-corrected chi connectivity index (χ2v) is 5.39. The van der Waals surface area contributed by atoms with Crippen LogP contribution in [0.1, 0.15) is 32.1 Å². The van der Waals surface area contributed by atoms with Crippen molar-refractivity contribution >= 4 is 17.7 Å². The van der Waals surface area contributed by atoms with Crippen LogP contribution in [-0.2, 0) is 4.79 Å². The summed E-state index contributed by atoms with van der Waals surface area (Å²) in [6.45, 7) is 0. The van der Waals surface area contributed by atoms with Gasteiger partial charge >= 0.3 is 0 Å². The van der Waals surface area contributed by atoms with Crippen molar-refractivity contribution in [3.05, 3.63) is 0 Å². The van der Waals surface area contributed by atoms with Gasteiger partial charge in [0.25, 0.3) is 0 Å². The third-order valence-electron chi connectivity index (χ3n) is 3.01. The molecule has 0 heterocycles. The Labute approximate surface area is 101 Å². The predicted molar refractivity (Wildman–Crippen MR) is 67.4 cm³/mol. The Morgan fingerprint density at radius 2 is 2.12 bits per heavy atom. The van der Waals surface area contributed by atoms with E-state index >= 15 is 0 Å². The van der Waals surface area contributed by atoms with Crippen molar-refractivity contribution in [2.24, 2.45) is 5.73 Å². The molecule has 1 rings (SSSR count). The zero-order valence-electron chi connectivity index (χ0n) is 9.82. The van der Waals surface area contributed by atoms with Crippen LogP contribution in [-0.4, -0.2) is 41.2 Å². The molecule has 4 nitrogen and oxygen atoms in total. The van der Waals surface area contributed by atoms with Crippen LogP contribution in [0.3, 0.4) is 0 Å². The van der Waals surface area contributed by atoms with Crippen molar-refractivity contribution in [3.63, 3.8) is 0 Å². The topological polar surface area (TPSA) is 75.4 Å². The van der Waals surface area contributed by atoms with Crippen LogP contribution in [0.25, 0.3) is 0 Å². The molecule has 1 atom stereocenters. The Morgan fingerprint density at radius 1 is 1.50 bits per heavy atom. The van der Waals surface area contributed by atoms with Gasteiger partial charge in [-0.25, -0.2) is 0 Å². The molecule has 94 valence electrons. The lowest BCUT2D eigenvalue weighted by Gasteiger charge is -2.27. The minimum atomic E-state index is -0.390. The summed E-state index contributed by atoms with van der Waals surface area (Å²) in [5, 5.41) is 12.3. The van der Waals surface area contributed by atoms with E-state index in [1.165, 1.54) is 0 Å². The van der Waals surface area contributed by atoms with Crippen LogP contribution in [0.4, 0.5) is 0 Å². The summed E-state index contributed by atoms with van der Waals surface area (Å²) in [4.78, 5) is 11.7. The molecule has 0 spiro atoms. The highest BCUT2D eigenvalue weighted by molar-refractivity contribution is 7.98. The third kappa shape index (κ3) is 4.72. The molecule has 0 aromatic rings. The molecule has 1 aliphatic rings. The van der Waals surface area contributed by atoms with Crippen LogP contribution in [0.2, 0.25) is 0 Å². The van der Waals surface area contributed by atoms with Crippen molar-refractivity contribution < 1.29 is 9.90 Å². The van der Waals surface area contributed by atoms with Crippen molar-refractivity contribution in [1.82, 2.24) is 5.32 Å². The Bertz CT molecular complexity index is 218. The van der Waals surface area contributed by atoms with E-state index in [4.69, 9.17) is 5.73 Å². The number of carbonyl (C=O) groups is 1. The number of amides is 1. The lowest BCUT2D eigenvalue weighted by atomic mass is 9.93. The van der Waals surface area contributed by atoms with Crippen LogP contribution < -0.4 is 11.1 Å². The van der Waals surface area contributed by atoms with E-state index in [-0.39, 0.29) is 24.1 Å². The fraction of sp³-hybridized carbons (Fsp3) is 0.909. The van der Waals surface area contributed by atoms with E-state index in [1.807, 2.05) is 6.26 Å². The number of hydrogen-bond donors (Lipinski definition) is 3. The molecule has 0 aromatic heterocycles. The van der Waals surface area contributed by atoms with Gasteiger partial charge in [-0.1, -0.05) is 0 Å². The summed E-state index contributed by atoms with van der Waals surface area (Å²) >= 11 is 1.70. The first-order valence-electron chi connectivity index (χ1n) is 5.86. The molecule has 0 aliphatic heterocycles. The van der Waals surface area contributed by atoms with Crippen molar-refractivity contribution in [2.75, 3.05) is 12.0 Å². The van der Waals surface area contributed by atoms with E-state index in [9.17, 15) is 9.90 Å². The minimum Gasteiger partial charge on any atom is -0.393 e. The van der Waals surface area contributed by atoms with Gasteiger partial charge in [-0.3, -0.25) is 4.79 Å². The molecule has 0 bridgehead atoms. The van der Waals surface area contributed by atoms with E-state index in [0.717, 1.165) is 37.9 Å². The lowest BCUT2D eigenvalue weighted by Crippen LogP contribution is -2.47. The first kappa shape index (κ1) is 13.8. The molecule has 0 saturated heterocycles. The van der Waals surface area contributed by atoms with Gasteiger partial charge in [-0.05, 0) is 44.1 Å². The van der Waals surface area contributed by atoms with Crippen LogP contribution in [0.15, 0.2) is 0 Å². The number of hydrogen-bond acceptors (Lipinski definition) is 4. The number of aliphatic hydroxyl groups is 1. The van der Waals surface area contributed by atoms with Gasteiger partial charge in [-0.15, -0.1) is 0 Å². The maximum absolute atomic E-state index is 11.7. The molecule has 0 radical (unpaired) electrons. The van der Waals surface area contributed by atoms with E-state index < -0.39 is 0 Å². The maximum atomic E-state index is 11.7. The number of aliphatic hydroxyl groups excluding tert-OH is 1. The standard InChI is InChI=1S/C11H22N2O2S/c1-16-7-6-10(12)11(15)13-8-2-4-9(14)5-3-8/h8-10,14H,2-7,12H2,1H3,(H,13,15)/t8?,9?,10-/m0/s1. The first-order chi connectivity index (χ1) is 7.63. The summed E-state index contributed by atoms with van der Waals surface area (Å²) in [5.74, 6) is 0.869. The second kappa shape index (κ2) is 7.14. The largest absolute Gasteiger partial charge is 0.393 e. The van der Waals surface area contributed by atoms with Gasteiger partial charge in [0.1, 0.15) is 0 Å². The Kier molecular flexibility index (Phi) is 6.16. The summed E-state index contributed by atoms with van der Waals surface area (Å²) in [5.41, 5.74) is 5.77. The van der Waals surface area contributed by atoms with Gasteiger partial charge < -0.3 is 16.2 Å². The van der Waals surface area contributed by atoms with Crippen LogP contribution in [0, 0.1) is 0 Å². The number of nitrogens with one attached hydrogen (secondary N) is 1. The van der Waals surface area contributed by atoms with Crippen molar-refractivity contribution in [1.29, 1.82) is 0 Å². The van der Waals surface area contributed by atoms with E-state index in [1.54, 1.807) is 11.8 Å². The summed E-state index contributed by atoms with van der Waals surface area (Å²) in [6, 6.07) is -0.185. The predicted octanol–water partition coefficient (Wildman–Crippen LogP) is 0.486. The van der Waals surface area contributed by atoms with Crippen LogP contribution in [0.5, 0.6) is 0 Å². The number of rotatable bonds is 5. The number of carbonyl (C=O) groups excluding carboxylic acids is 1. The zero-order chi connectivity index (χ0) is 12.0. The summed E-state index contributed by atoms with van der Waals surface area (Å²) in [7, 11) is 0. The zero-order valence-corrected chi connectivity index (χ0v) is 10.6. The average Bonchev–Trinajstić information content (AvgIpc) is 2.29. The third-order valence-corrected chi connectivity index (χ3v) is 3.66. The molecule has 4 N–H and O–H groups in total. The van der Waals surface area contributed by atoms with E-state index in [2.05, 4.69) is 5.32 Å². The van der Waals surface area contributed by atoms with Gasteiger partial charge in [0.05, 0.1) is 12.1 Å². The molecular weight excluding hydrogens is 224 g/mol. The Hall–Kier alpha value is -0.260. The normalized spacial score (nSPS) is 27.4. The molecule has 5 heteroatoms. The van der Waals surface area contributed by atoms with E-state index in [0.29, 0.717) is 0 Å². The summed E-state index contributed by atoms with van der Waals surface area (Å²) in [6.07, 6.45) is 5.84. The molecule has 1 amide bonds. The van der Waals surface area contributed by atoms with Crippen molar-refractivity contribution in [3.8, 4) is 0 Å².